The summed E-state index contributed by atoms with van der Waals surface area (Å²) in [6.45, 7) is 3.53. The van der Waals surface area contributed by atoms with Gasteiger partial charge in [-0.05, 0) is 18.7 Å². The van der Waals surface area contributed by atoms with Crippen molar-refractivity contribution in [2.24, 2.45) is 0 Å². The van der Waals surface area contributed by atoms with E-state index in [1.165, 1.54) is 18.3 Å². The molecule has 0 spiro atoms. The molecule has 2 rings (SSSR count). The zero-order valence-electron chi connectivity index (χ0n) is 10.4. The third kappa shape index (κ3) is 3.87. The van der Waals surface area contributed by atoms with Crippen LogP contribution in [-0.4, -0.2) is 16.5 Å². The zero-order valence-corrected chi connectivity index (χ0v) is 11.1. The van der Waals surface area contributed by atoms with Crippen LogP contribution in [0.2, 0.25) is 5.02 Å². The number of hydrogen-bond donors (Lipinski definition) is 1. The van der Waals surface area contributed by atoms with Crippen molar-refractivity contribution < 1.29 is 9.13 Å². The van der Waals surface area contributed by atoms with E-state index in [1.54, 1.807) is 12.3 Å². The van der Waals surface area contributed by atoms with Crippen molar-refractivity contribution in [1.82, 2.24) is 15.3 Å². The molecule has 1 N–H and O–H groups in total. The van der Waals surface area contributed by atoms with E-state index in [0.717, 1.165) is 12.2 Å². The van der Waals surface area contributed by atoms with Gasteiger partial charge in [-0.1, -0.05) is 18.5 Å². The van der Waals surface area contributed by atoms with Crippen molar-refractivity contribution in [3.05, 3.63) is 47.1 Å². The molecular weight excluding hydrogens is 269 g/mol. The quantitative estimate of drug-likeness (QED) is 0.914. The number of ether oxygens (including phenoxy) is 1. The van der Waals surface area contributed by atoms with Crippen LogP contribution in [-0.2, 0) is 6.54 Å². The summed E-state index contributed by atoms with van der Waals surface area (Å²) in [6.07, 6.45) is 3.11. The van der Waals surface area contributed by atoms with Gasteiger partial charge in [-0.2, -0.15) is 0 Å². The zero-order chi connectivity index (χ0) is 13.7. The maximum Gasteiger partial charge on any atom is 0.237 e. The van der Waals surface area contributed by atoms with E-state index in [1.807, 2.05) is 6.92 Å². The van der Waals surface area contributed by atoms with Crippen LogP contribution in [0.4, 0.5) is 4.39 Å². The molecule has 0 aliphatic rings. The van der Waals surface area contributed by atoms with Gasteiger partial charge in [-0.25, -0.2) is 9.37 Å². The van der Waals surface area contributed by atoms with Crippen LogP contribution in [0.15, 0.2) is 30.6 Å². The summed E-state index contributed by atoms with van der Waals surface area (Å²) >= 11 is 5.59. The Morgan fingerprint density at radius 2 is 2.16 bits per heavy atom. The van der Waals surface area contributed by atoms with E-state index in [2.05, 4.69) is 15.3 Å². The first-order chi connectivity index (χ1) is 9.19. The lowest BCUT2D eigenvalue weighted by molar-refractivity contribution is 0.454. The van der Waals surface area contributed by atoms with E-state index < -0.39 is 5.82 Å². The van der Waals surface area contributed by atoms with Gasteiger partial charge in [0.2, 0.25) is 5.88 Å². The lowest BCUT2D eigenvalue weighted by Crippen LogP contribution is -2.13. The molecule has 2 aromatic rings. The Bertz CT molecular complexity index is 548. The first kappa shape index (κ1) is 13.7. The molecule has 0 aliphatic heterocycles. The second-order valence-corrected chi connectivity index (χ2v) is 4.21. The molecule has 6 heteroatoms. The molecule has 1 heterocycles. The second-order valence-electron chi connectivity index (χ2n) is 3.80. The highest BCUT2D eigenvalue weighted by Crippen LogP contribution is 2.23. The van der Waals surface area contributed by atoms with Gasteiger partial charge in [-0.3, -0.25) is 4.98 Å². The fourth-order valence-electron chi connectivity index (χ4n) is 1.40. The molecule has 0 radical (unpaired) electrons. The highest BCUT2D eigenvalue weighted by Gasteiger charge is 2.04. The summed E-state index contributed by atoms with van der Waals surface area (Å²) < 4.78 is 18.6. The molecule has 0 saturated heterocycles. The van der Waals surface area contributed by atoms with Crippen LogP contribution in [0, 0.1) is 5.82 Å². The SMILES string of the molecule is CCNCc1cnc(Oc2ccc(Cl)c(F)c2)cn1. The summed E-state index contributed by atoms with van der Waals surface area (Å²) in [7, 11) is 0. The van der Waals surface area contributed by atoms with Crippen molar-refractivity contribution in [1.29, 1.82) is 0 Å². The lowest BCUT2D eigenvalue weighted by atomic mass is 10.3. The van der Waals surface area contributed by atoms with Gasteiger partial charge in [0.25, 0.3) is 0 Å². The standard InChI is InChI=1S/C13H13ClFN3O/c1-2-16-6-9-7-18-13(8-17-9)19-10-3-4-11(14)12(15)5-10/h3-5,7-8,16H,2,6H2,1H3. The van der Waals surface area contributed by atoms with E-state index in [0.29, 0.717) is 18.2 Å². The highest BCUT2D eigenvalue weighted by molar-refractivity contribution is 6.30. The lowest BCUT2D eigenvalue weighted by Gasteiger charge is -2.06. The fourth-order valence-corrected chi connectivity index (χ4v) is 1.52. The minimum Gasteiger partial charge on any atom is -0.437 e. The second kappa shape index (κ2) is 6.45. The molecule has 0 unspecified atom stereocenters. The molecule has 0 amide bonds. The minimum absolute atomic E-state index is 0.0550. The first-order valence-electron chi connectivity index (χ1n) is 5.83. The normalized spacial score (nSPS) is 10.5. The Morgan fingerprint density at radius 3 is 2.79 bits per heavy atom. The Labute approximate surface area is 115 Å². The molecular formula is C13H13ClFN3O. The van der Waals surface area contributed by atoms with Gasteiger partial charge in [0, 0.05) is 12.6 Å². The maximum absolute atomic E-state index is 13.2. The predicted molar refractivity (Wildman–Crippen MR) is 70.9 cm³/mol. The number of nitrogens with zero attached hydrogens (tertiary/aromatic N) is 2. The molecule has 0 atom stereocenters. The van der Waals surface area contributed by atoms with Crippen molar-refractivity contribution in [2.45, 2.75) is 13.5 Å². The summed E-state index contributed by atoms with van der Waals surface area (Å²) in [6, 6.07) is 4.20. The van der Waals surface area contributed by atoms with E-state index in [-0.39, 0.29) is 5.02 Å². The molecule has 4 nitrogen and oxygen atoms in total. The van der Waals surface area contributed by atoms with E-state index in [4.69, 9.17) is 16.3 Å². The van der Waals surface area contributed by atoms with Gasteiger partial charge in [-0.15, -0.1) is 0 Å². The first-order valence-corrected chi connectivity index (χ1v) is 6.21. The summed E-state index contributed by atoms with van der Waals surface area (Å²) in [4.78, 5) is 8.28. The Morgan fingerprint density at radius 1 is 1.32 bits per heavy atom. The summed E-state index contributed by atoms with van der Waals surface area (Å²) in [5.74, 6) is 0.105. The molecule has 0 bridgehead atoms. The number of nitrogens with one attached hydrogen (secondary N) is 1. The van der Waals surface area contributed by atoms with Crippen LogP contribution < -0.4 is 10.1 Å². The molecule has 0 aliphatic carbocycles. The molecule has 1 aromatic heterocycles. The van der Waals surface area contributed by atoms with Crippen LogP contribution in [0.25, 0.3) is 0 Å². The molecule has 0 saturated carbocycles. The topological polar surface area (TPSA) is 47.0 Å². The van der Waals surface area contributed by atoms with Gasteiger partial charge in [0.15, 0.2) is 0 Å². The predicted octanol–water partition coefficient (Wildman–Crippen LogP) is 3.17. The van der Waals surface area contributed by atoms with Crippen LogP contribution in [0.1, 0.15) is 12.6 Å². The smallest absolute Gasteiger partial charge is 0.237 e. The molecule has 0 fully saturated rings. The van der Waals surface area contributed by atoms with Crippen LogP contribution in [0.3, 0.4) is 0 Å². The molecule has 19 heavy (non-hydrogen) atoms. The number of benzene rings is 1. The van der Waals surface area contributed by atoms with Crippen molar-refractivity contribution in [2.75, 3.05) is 6.54 Å². The highest BCUT2D eigenvalue weighted by atomic mass is 35.5. The Balaban J connectivity index is 2.04. The largest absolute Gasteiger partial charge is 0.437 e. The summed E-state index contributed by atoms with van der Waals surface area (Å²) in [5, 5.41) is 3.19. The number of halogens is 2. The monoisotopic (exact) mass is 281 g/mol. The number of rotatable bonds is 5. The Hall–Kier alpha value is -1.72. The fraction of sp³-hybridized carbons (Fsp3) is 0.231. The van der Waals surface area contributed by atoms with Crippen LogP contribution >= 0.6 is 11.6 Å². The average Bonchev–Trinajstić information content (AvgIpc) is 2.42. The Kier molecular flexibility index (Phi) is 4.65. The van der Waals surface area contributed by atoms with Crippen molar-refractivity contribution >= 4 is 11.6 Å². The van der Waals surface area contributed by atoms with Crippen molar-refractivity contribution in [3.8, 4) is 11.6 Å². The summed E-state index contributed by atoms with van der Waals surface area (Å²) in [5.41, 5.74) is 0.816. The maximum atomic E-state index is 13.2. The molecule has 100 valence electrons. The van der Waals surface area contributed by atoms with Gasteiger partial charge in [0.05, 0.1) is 23.1 Å². The number of aromatic nitrogens is 2. The number of hydrogen-bond acceptors (Lipinski definition) is 4. The van der Waals surface area contributed by atoms with Gasteiger partial charge >= 0.3 is 0 Å². The third-order valence-corrected chi connectivity index (χ3v) is 2.66. The average molecular weight is 282 g/mol. The van der Waals surface area contributed by atoms with E-state index >= 15 is 0 Å². The van der Waals surface area contributed by atoms with Crippen LogP contribution in [0.5, 0.6) is 11.6 Å². The van der Waals surface area contributed by atoms with Gasteiger partial charge < -0.3 is 10.1 Å². The molecule has 1 aromatic carbocycles. The minimum atomic E-state index is -0.532. The van der Waals surface area contributed by atoms with E-state index in [9.17, 15) is 4.39 Å². The third-order valence-electron chi connectivity index (χ3n) is 2.35. The van der Waals surface area contributed by atoms with Crippen molar-refractivity contribution in [3.63, 3.8) is 0 Å². The van der Waals surface area contributed by atoms with Gasteiger partial charge in [0.1, 0.15) is 11.6 Å².